The first-order valence-electron chi connectivity index (χ1n) is 4.80. The molecule has 2 N–H and O–H groups in total. The van der Waals surface area contributed by atoms with E-state index in [1.807, 2.05) is 7.05 Å². The van der Waals surface area contributed by atoms with Crippen LogP contribution in [-0.4, -0.2) is 37.6 Å². The molecule has 0 radical (unpaired) electrons. The van der Waals surface area contributed by atoms with Crippen molar-refractivity contribution >= 4 is 30.1 Å². The lowest BCUT2D eigenvalue weighted by Crippen LogP contribution is -2.28. The summed E-state index contributed by atoms with van der Waals surface area (Å²) >= 11 is 1.70. The molecule has 3 nitrogen and oxygen atoms in total. The number of thioether (sulfide) groups is 1. The Balaban J connectivity index is 0. The van der Waals surface area contributed by atoms with E-state index in [-0.39, 0.29) is 18.3 Å². The van der Waals surface area contributed by atoms with E-state index in [0.717, 1.165) is 31.7 Å². The Kier molecular flexibility index (Phi) is 15.4. The predicted molar refractivity (Wildman–Crippen MR) is 66.4 cm³/mol. The summed E-state index contributed by atoms with van der Waals surface area (Å²) in [5.74, 6) is 1.84. The van der Waals surface area contributed by atoms with Crippen LogP contribution in [0.3, 0.4) is 0 Å². The van der Waals surface area contributed by atoms with Gasteiger partial charge in [0.05, 0.1) is 5.75 Å². The summed E-state index contributed by atoms with van der Waals surface area (Å²) < 4.78 is 0. The second-order valence-electron chi connectivity index (χ2n) is 2.86. The molecule has 14 heavy (non-hydrogen) atoms. The highest BCUT2D eigenvalue weighted by Gasteiger charge is 1.98. The van der Waals surface area contributed by atoms with Gasteiger partial charge in [-0.3, -0.25) is 4.79 Å². The Labute approximate surface area is 97.2 Å². The number of hydrogen-bond donors (Lipinski definition) is 2. The van der Waals surface area contributed by atoms with Crippen LogP contribution in [0.25, 0.3) is 0 Å². The zero-order valence-electron chi connectivity index (χ0n) is 8.97. The first-order valence-corrected chi connectivity index (χ1v) is 5.95. The van der Waals surface area contributed by atoms with Crippen LogP contribution in [-0.2, 0) is 4.79 Å². The molecular weight excluding hydrogens is 220 g/mol. The van der Waals surface area contributed by atoms with E-state index in [1.165, 1.54) is 0 Å². The lowest BCUT2D eigenvalue weighted by molar-refractivity contribution is -0.118. The molecule has 0 heterocycles. The van der Waals surface area contributed by atoms with Crippen LogP contribution in [0.4, 0.5) is 0 Å². The van der Waals surface area contributed by atoms with Gasteiger partial charge in [0.1, 0.15) is 0 Å². The number of halogens is 1. The lowest BCUT2D eigenvalue weighted by Gasteiger charge is -2.03. The average Bonchev–Trinajstić information content (AvgIpc) is 2.13. The van der Waals surface area contributed by atoms with Gasteiger partial charge in [-0.1, -0.05) is 6.92 Å². The summed E-state index contributed by atoms with van der Waals surface area (Å²) in [4.78, 5) is 11.1. The van der Waals surface area contributed by atoms with Gasteiger partial charge in [-0.05, 0) is 32.2 Å². The molecule has 0 saturated heterocycles. The van der Waals surface area contributed by atoms with Gasteiger partial charge in [0, 0.05) is 6.54 Å². The Morgan fingerprint density at radius 3 is 2.64 bits per heavy atom. The standard InChI is InChI=1S/C9H20N2OS.ClH/c1-3-7-13-8-9(12)11-6-4-5-10-2;/h10H,3-8H2,1-2H3,(H,11,12);1H. The maximum Gasteiger partial charge on any atom is 0.229 e. The molecule has 0 aliphatic rings. The van der Waals surface area contributed by atoms with Crippen molar-refractivity contribution in [2.24, 2.45) is 0 Å². The molecule has 0 aromatic heterocycles. The maximum atomic E-state index is 11.1. The minimum Gasteiger partial charge on any atom is -0.355 e. The lowest BCUT2D eigenvalue weighted by atomic mass is 10.4. The third-order valence-electron chi connectivity index (χ3n) is 1.51. The Hall–Kier alpha value is 0.0700. The van der Waals surface area contributed by atoms with Gasteiger partial charge in [0.2, 0.25) is 5.91 Å². The van der Waals surface area contributed by atoms with E-state index in [4.69, 9.17) is 0 Å². The molecule has 0 unspecified atom stereocenters. The van der Waals surface area contributed by atoms with Crippen molar-refractivity contribution in [2.45, 2.75) is 19.8 Å². The molecule has 0 aliphatic carbocycles. The number of carbonyl (C=O) groups is 1. The van der Waals surface area contributed by atoms with Crippen molar-refractivity contribution in [3.05, 3.63) is 0 Å². The highest BCUT2D eigenvalue weighted by molar-refractivity contribution is 7.99. The number of rotatable bonds is 8. The molecule has 5 heteroatoms. The Morgan fingerprint density at radius 1 is 1.36 bits per heavy atom. The van der Waals surface area contributed by atoms with Crippen molar-refractivity contribution in [3.63, 3.8) is 0 Å². The van der Waals surface area contributed by atoms with Crippen LogP contribution in [0.15, 0.2) is 0 Å². The van der Waals surface area contributed by atoms with E-state index in [0.29, 0.717) is 5.75 Å². The molecule has 86 valence electrons. The largest absolute Gasteiger partial charge is 0.355 e. The van der Waals surface area contributed by atoms with E-state index < -0.39 is 0 Å². The first kappa shape index (κ1) is 16.5. The zero-order valence-corrected chi connectivity index (χ0v) is 10.6. The Morgan fingerprint density at radius 2 is 2.07 bits per heavy atom. The van der Waals surface area contributed by atoms with E-state index in [9.17, 15) is 4.79 Å². The maximum absolute atomic E-state index is 11.1. The summed E-state index contributed by atoms with van der Waals surface area (Å²) in [7, 11) is 1.92. The third kappa shape index (κ3) is 12.1. The fourth-order valence-corrected chi connectivity index (χ4v) is 1.57. The molecule has 0 aromatic rings. The highest BCUT2D eigenvalue weighted by Crippen LogP contribution is 2.00. The van der Waals surface area contributed by atoms with Gasteiger partial charge in [0.15, 0.2) is 0 Å². The van der Waals surface area contributed by atoms with Crippen LogP contribution in [0.1, 0.15) is 19.8 Å². The summed E-state index contributed by atoms with van der Waals surface area (Å²) in [6, 6.07) is 0. The van der Waals surface area contributed by atoms with Gasteiger partial charge in [-0.15, -0.1) is 12.4 Å². The number of hydrogen-bond acceptors (Lipinski definition) is 3. The number of amides is 1. The second kappa shape index (κ2) is 13.1. The molecule has 1 amide bonds. The summed E-state index contributed by atoms with van der Waals surface area (Å²) in [6.45, 7) is 3.87. The number of carbonyl (C=O) groups excluding carboxylic acids is 1. The van der Waals surface area contributed by atoms with Crippen molar-refractivity contribution in [3.8, 4) is 0 Å². The minimum absolute atomic E-state index is 0. The topological polar surface area (TPSA) is 41.1 Å². The monoisotopic (exact) mass is 240 g/mol. The molecule has 0 aromatic carbocycles. The van der Waals surface area contributed by atoms with Crippen LogP contribution in [0.5, 0.6) is 0 Å². The summed E-state index contributed by atoms with van der Waals surface area (Å²) in [5, 5.41) is 5.91. The van der Waals surface area contributed by atoms with E-state index in [2.05, 4.69) is 17.6 Å². The highest BCUT2D eigenvalue weighted by atomic mass is 35.5. The molecule has 0 atom stereocenters. The van der Waals surface area contributed by atoms with Crippen LogP contribution in [0.2, 0.25) is 0 Å². The van der Waals surface area contributed by atoms with Crippen molar-refractivity contribution in [2.75, 3.05) is 31.6 Å². The van der Waals surface area contributed by atoms with Crippen LogP contribution >= 0.6 is 24.2 Å². The SMILES string of the molecule is CCCSCC(=O)NCCCNC.Cl. The molecule has 0 spiro atoms. The quantitative estimate of drug-likeness (QED) is 0.628. The van der Waals surface area contributed by atoms with Crippen molar-refractivity contribution in [1.29, 1.82) is 0 Å². The molecule has 0 rings (SSSR count). The first-order chi connectivity index (χ1) is 6.31. The molecule has 0 fully saturated rings. The minimum atomic E-state index is 0. The van der Waals surface area contributed by atoms with Crippen molar-refractivity contribution in [1.82, 2.24) is 10.6 Å². The number of nitrogens with one attached hydrogen (secondary N) is 2. The van der Waals surface area contributed by atoms with Crippen molar-refractivity contribution < 1.29 is 4.79 Å². The van der Waals surface area contributed by atoms with Gasteiger partial charge in [0.25, 0.3) is 0 Å². The summed E-state index contributed by atoms with van der Waals surface area (Å²) in [5.41, 5.74) is 0. The summed E-state index contributed by atoms with van der Waals surface area (Å²) in [6.07, 6.45) is 2.14. The van der Waals surface area contributed by atoms with Gasteiger partial charge in [-0.25, -0.2) is 0 Å². The molecule has 0 saturated carbocycles. The van der Waals surface area contributed by atoms with E-state index in [1.54, 1.807) is 11.8 Å². The van der Waals surface area contributed by atoms with Gasteiger partial charge in [-0.2, -0.15) is 11.8 Å². The molecular formula is C9H21ClN2OS. The second-order valence-corrected chi connectivity index (χ2v) is 3.96. The predicted octanol–water partition coefficient (Wildman–Crippen LogP) is 1.28. The fourth-order valence-electron chi connectivity index (χ4n) is 0.853. The zero-order chi connectivity index (χ0) is 9.94. The van der Waals surface area contributed by atoms with Crippen LogP contribution < -0.4 is 10.6 Å². The smallest absolute Gasteiger partial charge is 0.229 e. The molecule has 0 aliphatic heterocycles. The molecule has 0 bridgehead atoms. The fraction of sp³-hybridized carbons (Fsp3) is 0.889. The van der Waals surface area contributed by atoms with Gasteiger partial charge >= 0.3 is 0 Å². The Bertz CT molecular complexity index is 136. The average molecular weight is 241 g/mol. The van der Waals surface area contributed by atoms with Crippen LogP contribution in [0, 0.1) is 0 Å². The van der Waals surface area contributed by atoms with E-state index >= 15 is 0 Å². The normalized spacial score (nSPS) is 9.29. The van der Waals surface area contributed by atoms with Gasteiger partial charge < -0.3 is 10.6 Å². The third-order valence-corrected chi connectivity index (χ3v) is 2.67.